The molecule has 0 saturated heterocycles. The SMILES string of the molecule is Cc1cccc(C(=O)c2cccc3ccsc23)c1Br. The summed E-state index contributed by atoms with van der Waals surface area (Å²) in [7, 11) is 0. The molecule has 94 valence electrons. The Kier molecular flexibility index (Phi) is 3.25. The molecule has 0 aliphatic heterocycles. The quantitative estimate of drug-likeness (QED) is 0.590. The molecule has 0 unspecified atom stereocenters. The van der Waals surface area contributed by atoms with E-state index in [9.17, 15) is 4.79 Å². The highest BCUT2D eigenvalue weighted by atomic mass is 79.9. The highest BCUT2D eigenvalue weighted by Gasteiger charge is 2.16. The summed E-state index contributed by atoms with van der Waals surface area (Å²) < 4.78 is 1.94. The van der Waals surface area contributed by atoms with Crippen molar-refractivity contribution in [2.24, 2.45) is 0 Å². The Morgan fingerprint density at radius 2 is 1.79 bits per heavy atom. The maximum Gasteiger partial charge on any atom is 0.195 e. The van der Waals surface area contributed by atoms with Crippen LogP contribution >= 0.6 is 27.3 Å². The molecule has 0 bridgehead atoms. The van der Waals surface area contributed by atoms with E-state index in [0.717, 1.165) is 31.2 Å². The molecule has 19 heavy (non-hydrogen) atoms. The van der Waals surface area contributed by atoms with E-state index in [4.69, 9.17) is 0 Å². The Labute approximate surface area is 124 Å². The number of carbonyl (C=O) groups is 1. The zero-order valence-corrected chi connectivity index (χ0v) is 12.7. The molecule has 0 aliphatic carbocycles. The van der Waals surface area contributed by atoms with Gasteiger partial charge in [-0.2, -0.15) is 0 Å². The Bertz CT molecular complexity index is 773. The summed E-state index contributed by atoms with van der Waals surface area (Å²) in [6, 6.07) is 13.7. The van der Waals surface area contributed by atoms with E-state index in [1.165, 1.54) is 0 Å². The number of benzene rings is 2. The maximum absolute atomic E-state index is 12.7. The summed E-state index contributed by atoms with van der Waals surface area (Å²) in [5, 5.41) is 3.15. The van der Waals surface area contributed by atoms with Crippen LogP contribution in [0.25, 0.3) is 10.1 Å². The van der Waals surface area contributed by atoms with E-state index in [0.29, 0.717) is 0 Å². The van der Waals surface area contributed by atoms with Gasteiger partial charge >= 0.3 is 0 Å². The van der Waals surface area contributed by atoms with Crippen LogP contribution in [-0.2, 0) is 0 Å². The van der Waals surface area contributed by atoms with Gasteiger partial charge in [-0.25, -0.2) is 0 Å². The smallest absolute Gasteiger partial charge is 0.195 e. The fraction of sp³-hybridized carbons (Fsp3) is 0.0625. The number of hydrogen-bond donors (Lipinski definition) is 0. The van der Waals surface area contributed by atoms with Gasteiger partial charge in [-0.15, -0.1) is 11.3 Å². The number of hydrogen-bond acceptors (Lipinski definition) is 2. The molecule has 1 nitrogen and oxygen atoms in total. The molecule has 1 aromatic heterocycles. The van der Waals surface area contributed by atoms with Gasteiger partial charge in [0, 0.05) is 20.3 Å². The molecular weight excluding hydrogens is 320 g/mol. The van der Waals surface area contributed by atoms with Gasteiger partial charge in [0.05, 0.1) is 0 Å². The van der Waals surface area contributed by atoms with Gasteiger partial charge in [-0.05, 0) is 57.4 Å². The molecule has 2 aromatic carbocycles. The molecule has 3 aromatic rings. The van der Waals surface area contributed by atoms with E-state index in [1.54, 1.807) is 11.3 Å². The van der Waals surface area contributed by atoms with Crippen molar-refractivity contribution in [3.05, 3.63) is 69.0 Å². The fourth-order valence-electron chi connectivity index (χ4n) is 2.14. The first kappa shape index (κ1) is 12.6. The van der Waals surface area contributed by atoms with Gasteiger partial charge in [-0.3, -0.25) is 4.79 Å². The Balaban J connectivity index is 2.19. The third-order valence-electron chi connectivity index (χ3n) is 3.16. The minimum Gasteiger partial charge on any atom is -0.289 e. The van der Waals surface area contributed by atoms with Crippen molar-refractivity contribution in [2.45, 2.75) is 6.92 Å². The van der Waals surface area contributed by atoms with Crippen LogP contribution in [0.3, 0.4) is 0 Å². The van der Waals surface area contributed by atoms with E-state index in [-0.39, 0.29) is 5.78 Å². The Morgan fingerprint density at radius 1 is 1.05 bits per heavy atom. The molecule has 0 radical (unpaired) electrons. The van der Waals surface area contributed by atoms with Crippen LogP contribution in [0.5, 0.6) is 0 Å². The minimum absolute atomic E-state index is 0.0728. The predicted molar refractivity (Wildman–Crippen MR) is 84.1 cm³/mol. The lowest BCUT2D eigenvalue weighted by molar-refractivity contribution is 0.103. The van der Waals surface area contributed by atoms with Gasteiger partial charge in [0.15, 0.2) is 5.78 Å². The van der Waals surface area contributed by atoms with Gasteiger partial charge in [0.1, 0.15) is 0 Å². The number of carbonyl (C=O) groups excluding carboxylic acids is 1. The summed E-state index contributed by atoms with van der Waals surface area (Å²) in [6.07, 6.45) is 0. The fourth-order valence-corrected chi connectivity index (χ4v) is 3.49. The highest BCUT2D eigenvalue weighted by molar-refractivity contribution is 9.10. The molecule has 3 heteroatoms. The molecule has 0 aliphatic rings. The molecular formula is C16H11BrOS. The summed E-state index contributed by atoms with van der Waals surface area (Å²) in [5.74, 6) is 0.0728. The van der Waals surface area contributed by atoms with Crippen LogP contribution in [0.4, 0.5) is 0 Å². The van der Waals surface area contributed by atoms with Gasteiger partial charge in [0.25, 0.3) is 0 Å². The lowest BCUT2D eigenvalue weighted by Gasteiger charge is -2.07. The van der Waals surface area contributed by atoms with Crippen LogP contribution in [0.2, 0.25) is 0 Å². The van der Waals surface area contributed by atoms with Crippen molar-refractivity contribution in [3.63, 3.8) is 0 Å². The van der Waals surface area contributed by atoms with Crippen molar-refractivity contribution >= 4 is 43.1 Å². The standard InChI is InChI=1S/C16H11BrOS/c1-10-4-2-6-12(14(10)17)15(18)13-7-3-5-11-8-9-19-16(11)13/h2-9H,1H3. The number of halogens is 1. The summed E-state index contributed by atoms with van der Waals surface area (Å²) >= 11 is 5.13. The Morgan fingerprint density at radius 3 is 2.63 bits per heavy atom. The second kappa shape index (κ2) is 4.91. The van der Waals surface area contributed by atoms with E-state index < -0.39 is 0 Å². The number of ketones is 1. The van der Waals surface area contributed by atoms with E-state index >= 15 is 0 Å². The third kappa shape index (κ3) is 2.13. The van der Waals surface area contributed by atoms with Crippen molar-refractivity contribution in [2.75, 3.05) is 0 Å². The zero-order valence-electron chi connectivity index (χ0n) is 10.3. The monoisotopic (exact) mass is 330 g/mol. The van der Waals surface area contributed by atoms with E-state index in [2.05, 4.69) is 15.9 Å². The first-order chi connectivity index (χ1) is 9.18. The van der Waals surface area contributed by atoms with Crippen molar-refractivity contribution in [1.29, 1.82) is 0 Å². The van der Waals surface area contributed by atoms with Crippen LogP contribution in [0.15, 0.2) is 52.3 Å². The first-order valence-corrected chi connectivity index (χ1v) is 7.62. The topological polar surface area (TPSA) is 17.1 Å². The van der Waals surface area contributed by atoms with Gasteiger partial charge in [-0.1, -0.05) is 24.3 Å². The third-order valence-corrected chi connectivity index (χ3v) is 5.18. The number of rotatable bonds is 2. The molecule has 3 rings (SSSR count). The predicted octanol–water partition coefficient (Wildman–Crippen LogP) is 5.20. The van der Waals surface area contributed by atoms with Crippen LogP contribution < -0.4 is 0 Å². The summed E-state index contributed by atoms with van der Waals surface area (Å²) in [5.41, 5.74) is 2.57. The minimum atomic E-state index is 0.0728. The average Bonchev–Trinajstić information content (AvgIpc) is 2.89. The lowest BCUT2D eigenvalue weighted by Crippen LogP contribution is -2.03. The number of thiophene rings is 1. The molecule has 0 amide bonds. The summed E-state index contributed by atoms with van der Waals surface area (Å²) in [4.78, 5) is 12.7. The maximum atomic E-state index is 12.7. The average molecular weight is 331 g/mol. The van der Waals surface area contributed by atoms with Crippen LogP contribution in [0, 0.1) is 6.92 Å². The zero-order chi connectivity index (χ0) is 13.4. The largest absolute Gasteiger partial charge is 0.289 e. The highest BCUT2D eigenvalue weighted by Crippen LogP contribution is 2.29. The van der Waals surface area contributed by atoms with Crippen molar-refractivity contribution < 1.29 is 4.79 Å². The molecule has 0 spiro atoms. The van der Waals surface area contributed by atoms with E-state index in [1.807, 2.05) is 54.8 Å². The van der Waals surface area contributed by atoms with Gasteiger partial charge in [0.2, 0.25) is 0 Å². The molecule has 1 heterocycles. The first-order valence-electron chi connectivity index (χ1n) is 5.94. The van der Waals surface area contributed by atoms with Crippen molar-refractivity contribution in [1.82, 2.24) is 0 Å². The second-order valence-electron chi connectivity index (χ2n) is 4.41. The van der Waals surface area contributed by atoms with Gasteiger partial charge < -0.3 is 0 Å². The number of fused-ring (bicyclic) bond motifs is 1. The number of aryl methyl sites for hydroxylation is 1. The molecule has 0 N–H and O–H groups in total. The van der Waals surface area contributed by atoms with Crippen LogP contribution in [0.1, 0.15) is 21.5 Å². The summed E-state index contributed by atoms with van der Waals surface area (Å²) in [6.45, 7) is 1.99. The van der Waals surface area contributed by atoms with Crippen LogP contribution in [-0.4, -0.2) is 5.78 Å². The lowest BCUT2D eigenvalue weighted by atomic mass is 10.0. The van der Waals surface area contributed by atoms with Crippen molar-refractivity contribution in [3.8, 4) is 0 Å². The second-order valence-corrected chi connectivity index (χ2v) is 6.12. The Hall–Kier alpha value is -1.45. The molecule has 0 saturated carbocycles. The molecule has 0 atom stereocenters. The normalized spacial score (nSPS) is 10.8. The molecule has 0 fully saturated rings.